The molecule has 0 aliphatic carbocycles. The number of hydrogen-bond donors (Lipinski definition) is 0. The van der Waals surface area contributed by atoms with Gasteiger partial charge in [-0.05, 0) is 42.1 Å². The zero-order chi connectivity index (χ0) is 30.2. The maximum absolute atomic E-state index is 13.9. The van der Waals surface area contributed by atoms with Crippen LogP contribution in [-0.2, 0) is 20.1 Å². The predicted octanol–water partition coefficient (Wildman–Crippen LogP) is 9.63. The van der Waals surface area contributed by atoms with E-state index in [0.29, 0.717) is 22.6 Å². The summed E-state index contributed by atoms with van der Waals surface area (Å²) in [4.78, 5) is 14.0. The molecule has 1 radical (unpaired) electrons. The number of halogens is 1. The van der Waals surface area contributed by atoms with Crippen molar-refractivity contribution < 1.29 is 28.9 Å². The molecule has 46 heavy (non-hydrogen) atoms. The summed E-state index contributed by atoms with van der Waals surface area (Å²) in [5.41, 5.74) is 7.44. The van der Waals surface area contributed by atoms with Crippen LogP contribution in [0.25, 0.3) is 72.2 Å². The standard InChI is InChI=1S/C28H15FN3O.C11H8N.Ir/c29-17-13-14-19-20-10-6-11-22(27(20)33-25(19)15-17)28-31-26-21-9-4-5-12-23(21)30-16-24(26)32(28)18-7-2-1-3-8-18;1-2-6-10(7-3-1)11-8-4-5-9-12-11;/h1-10,12-16H;1-6,8-9H;/q2*-1;. The number of para-hydroxylation sites is 2. The molecule has 0 aliphatic rings. The third kappa shape index (κ3) is 5.26. The number of hydrogen-bond acceptors (Lipinski definition) is 4. The molecule has 4 heterocycles. The molecule has 0 atom stereocenters. The van der Waals surface area contributed by atoms with E-state index in [0.717, 1.165) is 49.7 Å². The van der Waals surface area contributed by atoms with Gasteiger partial charge < -0.3 is 14.0 Å². The molecule has 0 unspecified atom stereocenters. The summed E-state index contributed by atoms with van der Waals surface area (Å²) in [6.07, 6.45) is 3.64. The van der Waals surface area contributed by atoms with Crippen LogP contribution in [0.1, 0.15) is 0 Å². The van der Waals surface area contributed by atoms with E-state index in [1.807, 2.05) is 115 Å². The first-order chi connectivity index (χ1) is 22.2. The van der Waals surface area contributed by atoms with Crippen molar-refractivity contribution in [2.45, 2.75) is 0 Å². The minimum absolute atomic E-state index is 0. The van der Waals surface area contributed by atoms with Crippen LogP contribution in [0.5, 0.6) is 0 Å². The van der Waals surface area contributed by atoms with Crippen molar-refractivity contribution in [2.75, 3.05) is 0 Å². The molecule has 0 fully saturated rings. The van der Waals surface area contributed by atoms with E-state index in [2.05, 4.69) is 26.7 Å². The van der Waals surface area contributed by atoms with E-state index in [4.69, 9.17) is 9.40 Å². The number of imidazole rings is 1. The molecule has 0 saturated heterocycles. The van der Waals surface area contributed by atoms with E-state index in [-0.39, 0.29) is 25.9 Å². The number of fused-ring (bicyclic) bond motifs is 6. The van der Waals surface area contributed by atoms with Gasteiger partial charge in [-0.15, -0.1) is 54.1 Å². The Morgan fingerprint density at radius 3 is 2.35 bits per heavy atom. The third-order valence-corrected chi connectivity index (χ3v) is 7.68. The first-order valence-electron chi connectivity index (χ1n) is 14.5. The minimum atomic E-state index is -0.332. The molecular formula is C39H23FIrN4O-2. The zero-order valence-corrected chi connectivity index (χ0v) is 26.6. The maximum Gasteiger partial charge on any atom is 0.126 e. The van der Waals surface area contributed by atoms with Gasteiger partial charge >= 0.3 is 0 Å². The molecular weight excluding hydrogens is 752 g/mol. The van der Waals surface area contributed by atoms with Gasteiger partial charge in [-0.3, -0.25) is 9.97 Å². The molecule has 0 saturated carbocycles. The van der Waals surface area contributed by atoms with E-state index in [1.165, 1.54) is 12.1 Å². The fourth-order valence-corrected chi connectivity index (χ4v) is 5.63. The summed E-state index contributed by atoms with van der Waals surface area (Å²) in [6, 6.07) is 46.6. The van der Waals surface area contributed by atoms with E-state index in [1.54, 1.807) is 12.3 Å². The van der Waals surface area contributed by atoms with Gasteiger partial charge in [0.2, 0.25) is 0 Å². The van der Waals surface area contributed by atoms with Crippen LogP contribution in [-0.4, -0.2) is 19.5 Å². The van der Waals surface area contributed by atoms with E-state index < -0.39 is 0 Å². The molecule has 223 valence electrons. The normalized spacial score (nSPS) is 11.0. The van der Waals surface area contributed by atoms with Gasteiger partial charge in [-0.25, -0.2) is 4.39 Å². The van der Waals surface area contributed by atoms with Crippen molar-refractivity contribution in [3.63, 3.8) is 0 Å². The third-order valence-electron chi connectivity index (χ3n) is 7.68. The van der Waals surface area contributed by atoms with Crippen LogP contribution >= 0.6 is 0 Å². The van der Waals surface area contributed by atoms with Crippen LogP contribution in [0.2, 0.25) is 0 Å². The Morgan fingerprint density at radius 2 is 1.52 bits per heavy atom. The topological polar surface area (TPSA) is 56.7 Å². The molecule has 4 aromatic heterocycles. The van der Waals surface area contributed by atoms with Crippen LogP contribution in [0, 0.1) is 17.9 Å². The molecule has 0 spiro atoms. The van der Waals surface area contributed by atoms with Crippen molar-refractivity contribution in [2.24, 2.45) is 0 Å². The first kappa shape index (κ1) is 29.2. The Bertz CT molecular complexity index is 2410. The second kappa shape index (κ2) is 12.5. The van der Waals surface area contributed by atoms with Crippen LogP contribution in [0.4, 0.5) is 4.39 Å². The molecule has 0 bridgehead atoms. The molecule has 5 nitrogen and oxygen atoms in total. The Balaban J connectivity index is 0.000000220. The average Bonchev–Trinajstić information content (AvgIpc) is 3.68. The molecule has 0 N–H and O–H groups in total. The van der Waals surface area contributed by atoms with Crippen molar-refractivity contribution >= 4 is 43.9 Å². The quantitative estimate of drug-likeness (QED) is 0.168. The van der Waals surface area contributed by atoms with Gasteiger partial charge in [0.1, 0.15) is 11.4 Å². The van der Waals surface area contributed by atoms with Crippen molar-refractivity contribution in [1.82, 2.24) is 19.5 Å². The van der Waals surface area contributed by atoms with Crippen molar-refractivity contribution in [1.29, 1.82) is 0 Å². The van der Waals surface area contributed by atoms with Crippen molar-refractivity contribution in [3.8, 4) is 28.3 Å². The number of furan rings is 1. The summed E-state index contributed by atoms with van der Waals surface area (Å²) in [5, 5.41) is 2.73. The fourth-order valence-electron chi connectivity index (χ4n) is 5.63. The fraction of sp³-hybridized carbons (Fsp3) is 0. The van der Waals surface area contributed by atoms with Gasteiger partial charge in [-0.2, -0.15) is 0 Å². The van der Waals surface area contributed by atoms with Crippen molar-refractivity contribution in [3.05, 3.63) is 158 Å². The minimum Gasteiger partial charge on any atom is -0.500 e. The van der Waals surface area contributed by atoms with Gasteiger partial charge in [0.15, 0.2) is 0 Å². The summed E-state index contributed by atoms with van der Waals surface area (Å²) < 4.78 is 22.1. The van der Waals surface area contributed by atoms with E-state index >= 15 is 0 Å². The monoisotopic (exact) mass is 775 g/mol. The molecule has 9 rings (SSSR count). The molecule has 0 aliphatic heterocycles. The first-order valence-corrected chi connectivity index (χ1v) is 14.5. The Labute approximate surface area is 277 Å². The number of nitrogens with zero attached hydrogens (tertiary/aromatic N) is 4. The molecule has 9 aromatic rings. The molecule has 0 amide bonds. The smallest absolute Gasteiger partial charge is 0.126 e. The number of rotatable bonds is 3. The summed E-state index contributed by atoms with van der Waals surface area (Å²) in [6.45, 7) is 0. The van der Waals surface area contributed by atoms with Gasteiger partial charge in [0, 0.05) is 48.8 Å². The summed E-state index contributed by atoms with van der Waals surface area (Å²) in [5.74, 6) is 0.362. The zero-order valence-electron chi connectivity index (χ0n) is 24.2. The van der Waals surface area contributed by atoms with Gasteiger partial charge in [-0.1, -0.05) is 59.5 Å². The SMILES string of the molecule is Fc1ccc2c(c1)oc1c(-c3nc4c5ccccc5ncc4n3-c3ccccc3)[c-]ccc12.[Ir].[c-]1ccccc1-c1ccccn1. The Kier molecular flexibility index (Phi) is 7.93. The van der Waals surface area contributed by atoms with Crippen LogP contribution < -0.4 is 0 Å². The number of benzene rings is 5. The second-order valence-electron chi connectivity index (χ2n) is 10.4. The summed E-state index contributed by atoms with van der Waals surface area (Å²) in [7, 11) is 0. The number of pyridine rings is 2. The second-order valence-corrected chi connectivity index (χ2v) is 10.4. The van der Waals surface area contributed by atoms with Gasteiger partial charge in [0.25, 0.3) is 0 Å². The predicted molar refractivity (Wildman–Crippen MR) is 176 cm³/mol. The molecule has 7 heteroatoms. The largest absolute Gasteiger partial charge is 0.500 e. The van der Waals surface area contributed by atoms with Gasteiger partial charge in [0.05, 0.1) is 34.2 Å². The Hall–Kier alpha value is -5.49. The van der Waals surface area contributed by atoms with Crippen LogP contribution in [0.3, 0.4) is 0 Å². The number of aromatic nitrogens is 4. The maximum atomic E-state index is 13.9. The molecule has 5 aromatic carbocycles. The van der Waals surface area contributed by atoms with E-state index in [9.17, 15) is 4.39 Å². The van der Waals surface area contributed by atoms with Crippen LogP contribution in [0.15, 0.2) is 144 Å². The Morgan fingerprint density at radius 1 is 0.696 bits per heavy atom. The average molecular weight is 775 g/mol. The summed E-state index contributed by atoms with van der Waals surface area (Å²) >= 11 is 0.